The van der Waals surface area contributed by atoms with Crippen LogP contribution < -0.4 is 0 Å². The van der Waals surface area contributed by atoms with Gasteiger partial charge in [0, 0.05) is 13.1 Å². The maximum Gasteiger partial charge on any atom is 0.227 e. The fraction of sp³-hybridized carbons (Fsp3) is 0.364. The van der Waals surface area contributed by atoms with Gasteiger partial charge in [0.15, 0.2) is 0 Å². The van der Waals surface area contributed by atoms with Crippen LogP contribution in [0, 0.1) is 6.92 Å². The van der Waals surface area contributed by atoms with E-state index in [4.69, 9.17) is 0 Å². The Kier molecular flexibility index (Phi) is 2.05. The molecule has 1 aromatic carbocycles. The molecule has 0 radical (unpaired) electrons. The fourth-order valence-electron chi connectivity index (χ4n) is 1.41. The normalized spacial score (nSPS) is 14.4. The largest absolute Gasteiger partial charge is 0.339 e. The first-order chi connectivity index (χ1) is 6.25. The van der Waals surface area contributed by atoms with Crippen molar-refractivity contribution in [2.75, 3.05) is 13.1 Å². The highest BCUT2D eigenvalue weighted by molar-refractivity contribution is 5.80. The molecular weight excluding hydrogens is 162 g/mol. The molecule has 2 heteroatoms. The summed E-state index contributed by atoms with van der Waals surface area (Å²) in [4.78, 5) is 13.3. The molecule has 1 saturated heterocycles. The van der Waals surface area contributed by atoms with E-state index in [1.165, 1.54) is 5.56 Å². The van der Waals surface area contributed by atoms with Crippen molar-refractivity contribution >= 4 is 5.91 Å². The summed E-state index contributed by atoms with van der Waals surface area (Å²) >= 11 is 0. The van der Waals surface area contributed by atoms with Gasteiger partial charge in [0.05, 0.1) is 6.42 Å². The first-order valence-corrected chi connectivity index (χ1v) is 4.59. The van der Waals surface area contributed by atoms with E-state index >= 15 is 0 Å². The molecule has 0 unspecified atom stereocenters. The van der Waals surface area contributed by atoms with E-state index in [1.807, 2.05) is 30.0 Å². The Morgan fingerprint density at radius 3 is 2.85 bits per heavy atom. The standard InChI is InChI=1S/C11H13NO/c1-9-3-2-4-10(7-9)8-11(13)12-5-6-12/h2-4,7H,5-6,8H2,1H3. The van der Waals surface area contributed by atoms with Crippen LogP contribution in [0.4, 0.5) is 0 Å². The Morgan fingerprint density at radius 1 is 1.46 bits per heavy atom. The molecule has 1 heterocycles. The summed E-state index contributed by atoms with van der Waals surface area (Å²) in [6.07, 6.45) is 0.557. The third kappa shape index (κ3) is 2.08. The van der Waals surface area contributed by atoms with Crippen molar-refractivity contribution in [3.05, 3.63) is 35.4 Å². The summed E-state index contributed by atoms with van der Waals surface area (Å²) < 4.78 is 0. The lowest BCUT2D eigenvalue weighted by Gasteiger charge is -2.02. The van der Waals surface area contributed by atoms with Gasteiger partial charge < -0.3 is 4.90 Å². The van der Waals surface area contributed by atoms with Gasteiger partial charge in [-0.15, -0.1) is 0 Å². The molecule has 1 aromatic rings. The average molecular weight is 175 g/mol. The van der Waals surface area contributed by atoms with Crippen LogP contribution in [0.3, 0.4) is 0 Å². The number of hydrogen-bond acceptors (Lipinski definition) is 1. The number of amides is 1. The first-order valence-electron chi connectivity index (χ1n) is 4.59. The Labute approximate surface area is 78.2 Å². The summed E-state index contributed by atoms with van der Waals surface area (Å²) in [6.45, 7) is 3.95. The Bertz CT molecular complexity index is 329. The minimum Gasteiger partial charge on any atom is -0.339 e. The molecule has 2 rings (SSSR count). The highest BCUT2D eigenvalue weighted by atomic mass is 16.2. The second-order valence-corrected chi connectivity index (χ2v) is 3.55. The van der Waals surface area contributed by atoms with Crippen molar-refractivity contribution in [2.45, 2.75) is 13.3 Å². The van der Waals surface area contributed by atoms with Crippen LogP contribution in [-0.4, -0.2) is 23.9 Å². The summed E-state index contributed by atoms with van der Waals surface area (Å²) in [7, 11) is 0. The van der Waals surface area contributed by atoms with Gasteiger partial charge >= 0.3 is 0 Å². The topological polar surface area (TPSA) is 20.1 Å². The van der Waals surface area contributed by atoms with Crippen molar-refractivity contribution < 1.29 is 4.79 Å². The van der Waals surface area contributed by atoms with Gasteiger partial charge in [-0.25, -0.2) is 0 Å². The lowest BCUT2D eigenvalue weighted by molar-refractivity contribution is -0.125. The molecule has 1 aliphatic heterocycles. The molecule has 0 aromatic heterocycles. The van der Waals surface area contributed by atoms with E-state index in [0.29, 0.717) is 6.42 Å². The van der Waals surface area contributed by atoms with E-state index in [0.717, 1.165) is 18.7 Å². The molecule has 0 N–H and O–H groups in total. The minimum atomic E-state index is 0.255. The van der Waals surface area contributed by atoms with Crippen molar-refractivity contribution in [1.82, 2.24) is 4.90 Å². The predicted molar refractivity (Wildman–Crippen MR) is 51.5 cm³/mol. The number of carbonyl (C=O) groups is 1. The second-order valence-electron chi connectivity index (χ2n) is 3.55. The molecule has 0 spiro atoms. The van der Waals surface area contributed by atoms with E-state index in [-0.39, 0.29) is 5.91 Å². The lowest BCUT2D eigenvalue weighted by atomic mass is 10.1. The van der Waals surface area contributed by atoms with Gasteiger partial charge in [0.1, 0.15) is 0 Å². The maximum absolute atomic E-state index is 11.4. The molecule has 13 heavy (non-hydrogen) atoms. The predicted octanol–water partition coefficient (Wildman–Crippen LogP) is 1.38. The van der Waals surface area contributed by atoms with Crippen LogP contribution in [-0.2, 0) is 11.2 Å². The molecule has 2 nitrogen and oxygen atoms in total. The zero-order valence-electron chi connectivity index (χ0n) is 7.79. The molecule has 0 saturated carbocycles. The van der Waals surface area contributed by atoms with Gasteiger partial charge in [-0.1, -0.05) is 29.8 Å². The zero-order chi connectivity index (χ0) is 9.26. The number of benzene rings is 1. The smallest absolute Gasteiger partial charge is 0.227 e. The van der Waals surface area contributed by atoms with E-state index in [9.17, 15) is 4.79 Å². The van der Waals surface area contributed by atoms with Gasteiger partial charge in [-0.2, -0.15) is 0 Å². The fourth-order valence-corrected chi connectivity index (χ4v) is 1.41. The molecule has 0 aliphatic carbocycles. The first kappa shape index (κ1) is 8.30. The van der Waals surface area contributed by atoms with E-state index < -0.39 is 0 Å². The van der Waals surface area contributed by atoms with Crippen LogP contribution in [0.2, 0.25) is 0 Å². The molecule has 0 bridgehead atoms. The Morgan fingerprint density at radius 2 is 2.23 bits per heavy atom. The molecule has 1 fully saturated rings. The number of aryl methyl sites for hydroxylation is 1. The monoisotopic (exact) mass is 175 g/mol. The third-order valence-electron chi connectivity index (χ3n) is 2.24. The van der Waals surface area contributed by atoms with Gasteiger partial charge in [-0.05, 0) is 12.5 Å². The van der Waals surface area contributed by atoms with Gasteiger partial charge in [0.2, 0.25) is 5.91 Å². The Hall–Kier alpha value is -1.31. The third-order valence-corrected chi connectivity index (χ3v) is 2.24. The van der Waals surface area contributed by atoms with E-state index in [1.54, 1.807) is 0 Å². The van der Waals surface area contributed by atoms with Crippen molar-refractivity contribution in [3.63, 3.8) is 0 Å². The van der Waals surface area contributed by atoms with Crippen LogP contribution in [0.5, 0.6) is 0 Å². The van der Waals surface area contributed by atoms with Gasteiger partial charge in [0.25, 0.3) is 0 Å². The number of nitrogens with zero attached hydrogens (tertiary/aromatic N) is 1. The molecular formula is C11H13NO. The van der Waals surface area contributed by atoms with Crippen LogP contribution in [0.1, 0.15) is 11.1 Å². The minimum absolute atomic E-state index is 0.255. The summed E-state index contributed by atoms with van der Waals surface area (Å²) in [5.74, 6) is 0.255. The summed E-state index contributed by atoms with van der Waals surface area (Å²) in [5, 5.41) is 0. The van der Waals surface area contributed by atoms with E-state index in [2.05, 4.69) is 6.07 Å². The highest BCUT2D eigenvalue weighted by Crippen LogP contribution is 2.10. The van der Waals surface area contributed by atoms with Gasteiger partial charge in [-0.3, -0.25) is 4.79 Å². The SMILES string of the molecule is Cc1cccc(CC(=O)N2CC2)c1. The number of rotatable bonds is 2. The number of hydrogen-bond donors (Lipinski definition) is 0. The summed E-state index contributed by atoms with van der Waals surface area (Å²) in [5.41, 5.74) is 2.34. The number of carbonyl (C=O) groups excluding carboxylic acids is 1. The molecule has 68 valence electrons. The molecule has 0 atom stereocenters. The lowest BCUT2D eigenvalue weighted by Crippen LogP contribution is -2.13. The second kappa shape index (κ2) is 3.21. The van der Waals surface area contributed by atoms with Crippen LogP contribution in [0.15, 0.2) is 24.3 Å². The van der Waals surface area contributed by atoms with Crippen LogP contribution >= 0.6 is 0 Å². The quantitative estimate of drug-likeness (QED) is 0.622. The van der Waals surface area contributed by atoms with Crippen molar-refractivity contribution in [3.8, 4) is 0 Å². The van der Waals surface area contributed by atoms with Crippen LogP contribution in [0.25, 0.3) is 0 Å². The van der Waals surface area contributed by atoms with Crippen molar-refractivity contribution in [2.24, 2.45) is 0 Å². The Balaban J connectivity index is 2.04. The molecule has 1 aliphatic rings. The molecule has 1 amide bonds. The zero-order valence-corrected chi connectivity index (χ0v) is 7.79. The van der Waals surface area contributed by atoms with Crippen molar-refractivity contribution in [1.29, 1.82) is 0 Å². The summed E-state index contributed by atoms with van der Waals surface area (Å²) in [6, 6.07) is 8.13. The maximum atomic E-state index is 11.4. The average Bonchev–Trinajstić information content (AvgIpc) is 2.85. The highest BCUT2D eigenvalue weighted by Gasteiger charge is 2.23.